The van der Waals surface area contributed by atoms with E-state index in [1.807, 2.05) is 13.8 Å². The number of rotatable bonds is 5. The molecule has 0 radical (unpaired) electrons. The maximum absolute atomic E-state index is 13.3. The third-order valence-corrected chi connectivity index (χ3v) is 6.16. The van der Waals surface area contributed by atoms with Crippen molar-refractivity contribution < 1.29 is 18.0 Å². The molecule has 29 heavy (non-hydrogen) atoms. The summed E-state index contributed by atoms with van der Waals surface area (Å²) in [6, 6.07) is 6.25. The summed E-state index contributed by atoms with van der Waals surface area (Å²) in [5.74, 6) is -3.50. The molecule has 1 amide bonds. The summed E-state index contributed by atoms with van der Waals surface area (Å²) in [6.45, 7) is 6.12. The van der Waals surface area contributed by atoms with Gasteiger partial charge in [0.15, 0.2) is 17.5 Å². The molecule has 0 aliphatic heterocycles. The number of halogens is 4. The maximum atomic E-state index is 13.3. The number of allylic oxidation sites excluding steroid dienone is 2. The van der Waals surface area contributed by atoms with Crippen molar-refractivity contribution in [3.8, 4) is 0 Å². The lowest BCUT2D eigenvalue weighted by atomic mass is 10.1. The fourth-order valence-electron chi connectivity index (χ4n) is 2.90. The van der Waals surface area contributed by atoms with E-state index in [1.165, 1.54) is 11.6 Å². The van der Waals surface area contributed by atoms with E-state index >= 15 is 0 Å². The molecule has 1 aliphatic rings. The minimum Gasteiger partial charge on any atom is -0.322 e. The minimum absolute atomic E-state index is 0.160. The molecule has 0 saturated heterocycles. The number of amides is 1. The standard InChI is InChI=1S/C20H17ClF3NOS.C2H6/c1-11-3-2-4-13(11)10-27-18-7-12(5-6-15(18)21)20(26)25-14-8-16(22)19(24)17(23)9-14;1-2/h3,5-9,13H,2,4,10H2,1H3,(H,25,26);1-2H3. The Hall–Kier alpha value is -1.92. The van der Waals surface area contributed by atoms with Gasteiger partial charge in [0.25, 0.3) is 5.91 Å². The van der Waals surface area contributed by atoms with Gasteiger partial charge in [-0.2, -0.15) is 0 Å². The van der Waals surface area contributed by atoms with Crippen LogP contribution < -0.4 is 5.32 Å². The lowest BCUT2D eigenvalue weighted by Crippen LogP contribution is -2.13. The van der Waals surface area contributed by atoms with E-state index in [4.69, 9.17) is 11.6 Å². The molecule has 156 valence electrons. The predicted molar refractivity (Wildman–Crippen MR) is 114 cm³/mol. The number of carbonyl (C=O) groups is 1. The molecule has 2 aromatic rings. The molecular weight excluding hydrogens is 419 g/mol. The molecule has 0 bridgehead atoms. The van der Waals surface area contributed by atoms with Gasteiger partial charge in [-0.15, -0.1) is 11.8 Å². The van der Waals surface area contributed by atoms with Crippen LogP contribution in [0.3, 0.4) is 0 Å². The third kappa shape index (κ3) is 6.03. The highest BCUT2D eigenvalue weighted by molar-refractivity contribution is 7.99. The zero-order chi connectivity index (χ0) is 21.6. The maximum Gasteiger partial charge on any atom is 0.255 e. The van der Waals surface area contributed by atoms with Crippen LogP contribution in [0.25, 0.3) is 0 Å². The Morgan fingerprint density at radius 1 is 1.17 bits per heavy atom. The van der Waals surface area contributed by atoms with Crippen molar-refractivity contribution in [2.45, 2.75) is 38.5 Å². The number of hydrogen-bond donors (Lipinski definition) is 1. The van der Waals surface area contributed by atoms with Gasteiger partial charge in [0, 0.05) is 34.0 Å². The van der Waals surface area contributed by atoms with Gasteiger partial charge >= 0.3 is 0 Å². The fraction of sp³-hybridized carbons (Fsp3) is 0.318. The van der Waals surface area contributed by atoms with Crippen LogP contribution in [0.4, 0.5) is 18.9 Å². The molecule has 1 unspecified atom stereocenters. The molecular formula is C22H23ClF3NOS. The molecule has 2 aromatic carbocycles. The zero-order valence-electron chi connectivity index (χ0n) is 16.5. The van der Waals surface area contributed by atoms with Crippen molar-refractivity contribution in [3.05, 3.63) is 70.0 Å². The second-order valence-electron chi connectivity index (χ2n) is 6.39. The van der Waals surface area contributed by atoms with Crippen molar-refractivity contribution in [1.82, 2.24) is 0 Å². The normalized spacial score (nSPS) is 15.4. The number of nitrogens with one attached hydrogen (secondary N) is 1. The highest BCUT2D eigenvalue weighted by Crippen LogP contribution is 2.35. The first-order valence-electron chi connectivity index (χ1n) is 9.40. The van der Waals surface area contributed by atoms with E-state index in [-0.39, 0.29) is 5.69 Å². The summed E-state index contributed by atoms with van der Waals surface area (Å²) >= 11 is 7.80. The van der Waals surface area contributed by atoms with E-state index in [2.05, 4.69) is 18.3 Å². The third-order valence-electron chi connectivity index (χ3n) is 4.50. The number of thioether (sulfide) groups is 1. The van der Waals surface area contributed by atoms with Crippen LogP contribution in [0.15, 0.2) is 46.9 Å². The molecule has 0 fully saturated rings. The Labute approximate surface area is 178 Å². The van der Waals surface area contributed by atoms with Crippen molar-refractivity contribution >= 4 is 35.0 Å². The number of carbonyl (C=O) groups excluding carboxylic acids is 1. The second-order valence-corrected chi connectivity index (χ2v) is 7.86. The highest BCUT2D eigenvalue weighted by atomic mass is 35.5. The molecule has 7 heteroatoms. The predicted octanol–water partition coefficient (Wildman–Crippen LogP) is 7.48. The van der Waals surface area contributed by atoms with Crippen LogP contribution in [0, 0.1) is 23.4 Å². The molecule has 0 spiro atoms. The largest absolute Gasteiger partial charge is 0.322 e. The van der Waals surface area contributed by atoms with Gasteiger partial charge in [-0.1, -0.05) is 37.1 Å². The zero-order valence-corrected chi connectivity index (χ0v) is 18.1. The van der Waals surface area contributed by atoms with Crippen LogP contribution in [-0.4, -0.2) is 11.7 Å². The molecule has 2 nitrogen and oxygen atoms in total. The van der Waals surface area contributed by atoms with Crippen LogP contribution in [-0.2, 0) is 0 Å². The molecule has 1 atom stereocenters. The van der Waals surface area contributed by atoms with Crippen molar-refractivity contribution in [2.24, 2.45) is 5.92 Å². The molecule has 0 heterocycles. The summed E-state index contributed by atoms with van der Waals surface area (Å²) in [5, 5.41) is 2.91. The van der Waals surface area contributed by atoms with Gasteiger partial charge in [0.05, 0.1) is 5.02 Å². The van der Waals surface area contributed by atoms with Crippen molar-refractivity contribution in [2.75, 3.05) is 11.1 Å². The van der Waals surface area contributed by atoms with Crippen molar-refractivity contribution in [1.29, 1.82) is 0 Å². The van der Waals surface area contributed by atoms with Gasteiger partial charge < -0.3 is 5.32 Å². The van der Waals surface area contributed by atoms with Crippen molar-refractivity contribution in [3.63, 3.8) is 0 Å². The lowest BCUT2D eigenvalue weighted by Gasteiger charge is -2.13. The van der Waals surface area contributed by atoms with E-state index in [1.54, 1.807) is 23.9 Å². The van der Waals surface area contributed by atoms with Gasteiger partial charge in [0.1, 0.15) is 0 Å². The van der Waals surface area contributed by atoms with Gasteiger partial charge in [-0.25, -0.2) is 13.2 Å². The fourth-order valence-corrected chi connectivity index (χ4v) is 4.41. The van der Waals surface area contributed by atoms with Gasteiger partial charge in [0.2, 0.25) is 0 Å². The Morgan fingerprint density at radius 2 is 1.83 bits per heavy atom. The van der Waals surface area contributed by atoms with E-state index < -0.39 is 23.4 Å². The SMILES string of the molecule is CC.CC1=CCCC1CSc1cc(C(=O)Nc2cc(F)c(F)c(F)c2)ccc1Cl. The number of hydrogen-bond acceptors (Lipinski definition) is 2. The quantitative estimate of drug-likeness (QED) is 0.296. The smallest absolute Gasteiger partial charge is 0.255 e. The average molecular weight is 442 g/mol. The van der Waals surface area contributed by atoms with Gasteiger partial charge in [-0.3, -0.25) is 4.79 Å². The summed E-state index contributed by atoms with van der Waals surface area (Å²) in [7, 11) is 0. The molecule has 3 rings (SSSR count). The first-order chi connectivity index (χ1) is 13.8. The summed E-state index contributed by atoms with van der Waals surface area (Å²) in [4.78, 5) is 13.2. The highest BCUT2D eigenvalue weighted by Gasteiger charge is 2.18. The van der Waals surface area contributed by atoms with E-state index in [0.717, 1.165) is 35.6 Å². The minimum atomic E-state index is -1.57. The molecule has 0 saturated carbocycles. The lowest BCUT2D eigenvalue weighted by molar-refractivity contribution is 0.102. The van der Waals surface area contributed by atoms with Crippen LogP contribution in [0.5, 0.6) is 0 Å². The van der Waals surface area contributed by atoms with Crippen LogP contribution in [0.2, 0.25) is 5.02 Å². The first-order valence-corrected chi connectivity index (χ1v) is 10.8. The topological polar surface area (TPSA) is 29.1 Å². The van der Waals surface area contributed by atoms with Crippen LogP contribution >= 0.6 is 23.4 Å². The summed E-state index contributed by atoms with van der Waals surface area (Å²) in [6.07, 6.45) is 4.42. The summed E-state index contributed by atoms with van der Waals surface area (Å²) < 4.78 is 39.6. The molecule has 1 N–H and O–H groups in total. The van der Waals surface area contributed by atoms with E-state index in [9.17, 15) is 18.0 Å². The summed E-state index contributed by atoms with van der Waals surface area (Å²) in [5.41, 5.74) is 1.51. The Balaban J connectivity index is 0.00000145. The Kier molecular flexibility index (Phi) is 8.65. The van der Waals surface area contributed by atoms with Crippen LogP contribution in [0.1, 0.15) is 44.0 Å². The second kappa shape index (κ2) is 10.7. The monoisotopic (exact) mass is 441 g/mol. The molecule has 1 aliphatic carbocycles. The first kappa shape index (κ1) is 23.4. The Bertz CT molecular complexity index is 894. The van der Waals surface area contributed by atoms with E-state index in [0.29, 0.717) is 16.5 Å². The number of anilines is 1. The molecule has 0 aromatic heterocycles. The average Bonchev–Trinajstić information content (AvgIpc) is 3.11. The Morgan fingerprint density at radius 3 is 2.41 bits per heavy atom. The number of benzene rings is 2. The van der Waals surface area contributed by atoms with Gasteiger partial charge in [-0.05, 0) is 43.9 Å².